The van der Waals surface area contributed by atoms with Gasteiger partial charge in [0.2, 0.25) is 0 Å². The largest absolute Gasteiger partial charge is 0.290 e. The summed E-state index contributed by atoms with van der Waals surface area (Å²) in [7, 11) is 0. The maximum absolute atomic E-state index is 5.02. The lowest BCUT2D eigenvalue weighted by Gasteiger charge is -2.20. The molecule has 2 saturated carbocycles. The summed E-state index contributed by atoms with van der Waals surface area (Å²) in [6, 6.07) is 1.99. The van der Waals surface area contributed by atoms with Crippen molar-refractivity contribution in [1.82, 2.24) is 24.6 Å². The van der Waals surface area contributed by atoms with Crippen LogP contribution in [-0.2, 0) is 19.6 Å². The van der Waals surface area contributed by atoms with Crippen molar-refractivity contribution in [3.63, 3.8) is 0 Å². The van der Waals surface area contributed by atoms with Gasteiger partial charge >= 0.3 is 0 Å². The Morgan fingerprint density at radius 1 is 0.867 bits per heavy atom. The van der Waals surface area contributed by atoms with Crippen molar-refractivity contribution in [2.24, 2.45) is 0 Å². The molecule has 0 spiro atoms. The fraction of sp³-hybridized carbons (Fsp3) is 0.609. The van der Waals surface area contributed by atoms with Gasteiger partial charge in [0.15, 0.2) is 0 Å². The number of aromatic nitrogens is 4. The molecule has 5 rings (SSSR count). The summed E-state index contributed by atoms with van der Waals surface area (Å²) in [4.78, 5) is 12.5. The van der Waals surface area contributed by atoms with Crippen LogP contribution in [0.25, 0.3) is 0 Å². The van der Waals surface area contributed by atoms with E-state index in [-0.39, 0.29) is 0 Å². The Hall–Kier alpha value is -1.57. The molecule has 0 unspecified atom stereocenters. The summed E-state index contributed by atoms with van der Waals surface area (Å²) in [6.45, 7) is 3.63. The minimum atomic E-state index is 0.703. The van der Waals surface area contributed by atoms with Gasteiger partial charge in [0.25, 0.3) is 0 Å². The van der Waals surface area contributed by atoms with Crippen LogP contribution in [0.5, 0.6) is 0 Å². The molecule has 0 N–H and O–H groups in total. The first-order chi connectivity index (χ1) is 14.8. The molecule has 0 aromatic carbocycles. The van der Waals surface area contributed by atoms with E-state index in [9.17, 15) is 0 Å². The third kappa shape index (κ3) is 5.01. The van der Waals surface area contributed by atoms with Crippen LogP contribution in [0.2, 0.25) is 0 Å². The number of nitrogens with zero attached hydrogens (tertiary/aromatic N) is 5. The molecule has 3 aromatic heterocycles. The fourth-order valence-corrected chi connectivity index (χ4v) is 6.82. The van der Waals surface area contributed by atoms with Gasteiger partial charge in [0, 0.05) is 54.6 Å². The molecular formula is C23H31N5S2. The first kappa shape index (κ1) is 20.3. The zero-order valence-corrected chi connectivity index (χ0v) is 19.2. The van der Waals surface area contributed by atoms with Gasteiger partial charge in [-0.15, -0.1) is 22.7 Å². The van der Waals surface area contributed by atoms with Crippen molar-refractivity contribution in [3.8, 4) is 0 Å². The molecule has 7 heteroatoms. The third-order valence-electron chi connectivity index (χ3n) is 6.52. The van der Waals surface area contributed by atoms with E-state index in [2.05, 4.69) is 20.8 Å². The highest BCUT2D eigenvalue weighted by Gasteiger charge is 2.22. The van der Waals surface area contributed by atoms with Crippen LogP contribution in [0, 0.1) is 0 Å². The van der Waals surface area contributed by atoms with Crippen LogP contribution < -0.4 is 0 Å². The van der Waals surface area contributed by atoms with Gasteiger partial charge < -0.3 is 0 Å². The summed E-state index contributed by atoms with van der Waals surface area (Å²) in [5, 5.41) is 11.6. The number of thiazole rings is 2. The Labute approximate surface area is 187 Å². The molecular weight excluding hydrogens is 410 g/mol. The molecule has 0 aliphatic heterocycles. The van der Waals surface area contributed by atoms with Crippen molar-refractivity contribution < 1.29 is 0 Å². The predicted molar refractivity (Wildman–Crippen MR) is 123 cm³/mol. The van der Waals surface area contributed by atoms with E-state index >= 15 is 0 Å². The van der Waals surface area contributed by atoms with Gasteiger partial charge in [0.1, 0.15) is 0 Å². The Balaban J connectivity index is 1.26. The lowest BCUT2D eigenvalue weighted by atomic mass is 10.1. The molecule has 0 saturated heterocycles. The summed E-state index contributed by atoms with van der Waals surface area (Å²) < 4.78 is 2.02. The molecule has 3 aromatic rings. The average molecular weight is 442 g/mol. The highest BCUT2D eigenvalue weighted by atomic mass is 32.1. The molecule has 2 aliphatic carbocycles. The van der Waals surface area contributed by atoms with Crippen LogP contribution >= 0.6 is 22.7 Å². The fourth-order valence-electron chi connectivity index (χ4n) is 4.86. The van der Waals surface area contributed by atoms with Crippen molar-refractivity contribution in [3.05, 3.63) is 50.6 Å². The Morgan fingerprint density at radius 3 is 1.93 bits per heavy atom. The first-order valence-corrected chi connectivity index (χ1v) is 13.2. The van der Waals surface area contributed by atoms with Crippen molar-refractivity contribution >= 4 is 22.7 Å². The van der Waals surface area contributed by atoms with E-state index in [4.69, 9.17) is 9.97 Å². The van der Waals surface area contributed by atoms with E-state index in [1.165, 1.54) is 72.8 Å². The molecule has 5 nitrogen and oxygen atoms in total. The molecule has 3 heterocycles. The highest BCUT2D eigenvalue weighted by Crippen LogP contribution is 2.37. The second-order valence-corrected chi connectivity index (χ2v) is 10.6. The van der Waals surface area contributed by atoms with E-state index in [0.717, 1.165) is 26.2 Å². The zero-order chi connectivity index (χ0) is 20.2. The van der Waals surface area contributed by atoms with E-state index < -0.39 is 0 Å². The topological polar surface area (TPSA) is 46.8 Å². The van der Waals surface area contributed by atoms with Crippen LogP contribution in [0.1, 0.15) is 84.6 Å². The average Bonchev–Trinajstić information content (AvgIpc) is 3.57. The first-order valence-electron chi connectivity index (χ1n) is 11.4. The molecule has 160 valence electrons. The third-order valence-corrected chi connectivity index (χ3v) is 8.64. The van der Waals surface area contributed by atoms with Crippen LogP contribution in [0.4, 0.5) is 0 Å². The van der Waals surface area contributed by atoms with Gasteiger partial charge in [0.05, 0.1) is 27.9 Å². The van der Waals surface area contributed by atoms with Crippen LogP contribution in [0.3, 0.4) is 0 Å². The van der Waals surface area contributed by atoms with E-state index in [1.54, 1.807) is 0 Å². The summed E-state index contributed by atoms with van der Waals surface area (Å²) in [6.07, 6.45) is 14.6. The van der Waals surface area contributed by atoms with E-state index in [1.807, 2.05) is 45.8 Å². The highest BCUT2D eigenvalue weighted by molar-refractivity contribution is 7.10. The number of rotatable bonds is 9. The Bertz CT molecular complexity index is 848. The van der Waals surface area contributed by atoms with Crippen molar-refractivity contribution in [2.75, 3.05) is 6.54 Å². The summed E-state index contributed by atoms with van der Waals surface area (Å²) >= 11 is 3.73. The SMILES string of the molecule is c1cnn(CCN(Cc2csc(C3CCCC3)n2)Cc2csc(C3CCCC3)n2)c1. The van der Waals surface area contributed by atoms with Gasteiger partial charge in [-0.25, -0.2) is 9.97 Å². The minimum absolute atomic E-state index is 0.703. The molecule has 0 amide bonds. The van der Waals surface area contributed by atoms with Gasteiger partial charge in [-0.2, -0.15) is 5.10 Å². The van der Waals surface area contributed by atoms with Gasteiger partial charge in [-0.05, 0) is 31.7 Å². The van der Waals surface area contributed by atoms with E-state index in [0.29, 0.717) is 11.8 Å². The molecule has 0 bridgehead atoms. The molecule has 0 atom stereocenters. The second kappa shape index (κ2) is 9.71. The predicted octanol–water partition coefficient (Wildman–Crippen LogP) is 5.81. The molecule has 30 heavy (non-hydrogen) atoms. The minimum Gasteiger partial charge on any atom is -0.290 e. The maximum atomic E-state index is 5.02. The second-order valence-electron chi connectivity index (χ2n) is 8.80. The maximum Gasteiger partial charge on any atom is 0.0959 e. The number of hydrogen-bond acceptors (Lipinski definition) is 6. The number of hydrogen-bond donors (Lipinski definition) is 0. The Morgan fingerprint density at radius 2 is 1.43 bits per heavy atom. The Kier molecular flexibility index (Phi) is 6.58. The molecule has 2 aliphatic rings. The van der Waals surface area contributed by atoms with Crippen molar-refractivity contribution in [1.29, 1.82) is 0 Å². The normalized spacial score (nSPS) is 18.2. The smallest absolute Gasteiger partial charge is 0.0959 e. The standard InChI is InChI=1S/C23H31N5S2/c1-2-7-18(6-1)22-25-20(16-29-22)14-27(12-13-28-11-5-10-24-28)15-21-17-30-23(26-21)19-8-3-4-9-19/h5,10-11,16-19H,1-4,6-9,12-15H2. The molecule has 0 radical (unpaired) electrons. The zero-order valence-electron chi connectivity index (χ0n) is 17.6. The quantitative estimate of drug-likeness (QED) is 0.420. The van der Waals surface area contributed by atoms with Gasteiger partial charge in [-0.1, -0.05) is 25.7 Å². The summed E-state index contributed by atoms with van der Waals surface area (Å²) in [5.74, 6) is 1.41. The lowest BCUT2D eigenvalue weighted by Crippen LogP contribution is -2.27. The molecule has 2 fully saturated rings. The monoisotopic (exact) mass is 441 g/mol. The van der Waals surface area contributed by atoms with Crippen LogP contribution in [0.15, 0.2) is 29.2 Å². The van der Waals surface area contributed by atoms with Crippen LogP contribution in [-0.4, -0.2) is 31.2 Å². The van der Waals surface area contributed by atoms with Gasteiger partial charge in [-0.3, -0.25) is 9.58 Å². The lowest BCUT2D eigenvalue weighted by molar-refractivity contribution is 0.237. The summed E-state index contributed by atoms with van der Waals surface area (Å²) in [5.41, 5.74) is 2.43. The van der Waals surface area contributed by atoms with Crippen molar-refractivity contribution in [2.45, 2.75) is 82.8 Å².